The van der Waals surface area contributed by atoms with E-state index in [0.29, 0.717) is 16.3 Å². The van der Waals surface area contributed by atoms with E-state index in [1.807, 2.05) is 0 Å². The van der Waals surface area contributed by atoms with Crippen LogP contribution in [-0.2, 0) is 15.6 Å². The topological polar surface area (TPSA) is 60.2 Å². The molecule has 0 heterocycles. The molecule has 106 valence electrons. The summed E-state index contributed by atoms with van der Waals surface area (Å²) in [6, 6.07) is 9.40. The van der Waals surface area contributed by atoms with Gasteiger partial charge in [-0.15, -0.1) is 0 Å². The fourth-order valence-corrected chi connectivity index (χ4v) is 4.47. The average Bonchev–Trinajstić information content (AvgIpc) is 2.35. The fraction of sp³-hybridized carbons (Fsp3) is 0.0769. The maximum Gasteiger partial charge on any atom is 0.184 e. The van der Waals surface area contributed by atoms with E-state index in [-0.39, 0.29) is 15.7 Å². The van der Waals surface area contributed by atoms with Gasteiger partial charge in [-0.05, 0) is 35.9 Å². The zero-order valence-corrected chi connectivity index (χ0v) is 14.0. The summed E-state index contributed by atoms with van der Waals surface area (Å²) in [5, 5.41) is 0.524. The highest BCUT2D eigenvalue weighted by molar-refractivity contribution is 9.10. The lowest BCUT2D eigenvalue weighted by Crippen LogP contribution is -2.07. The largest absolute Gasteiger partial charge is 0.399 e. The Morgan fingerprint density at radius 3 is 2.40 bits per heavy atom. The van der Waals surface area contributed by atoms with Gasteiger partial charge in [0.25, 0.3) is 0 Å². The van der Waals surface area contributed by atoms with Gasteiger partial charge in [-0.25, -0.2) is 8.42 Å². The van der Waals surface area contributed by atoms with E-state index in [4.69, 9.17) is 28.9 Å². The van der Waals surface area contributed by atoms with Gasteiger partial charge in [0.15, 0.2) is 9.84 Å². The van der Waals surface area contributed by atoms with Gasteiger partial charge in [-0.2, -0.15) is 0 Å². The van der Waals surface area contributed by atoms with Crippen molar-refractivity contribution in [1.82, 2.24) is 0 Å². The Bertz CT molecular complexity index is 763. The van der Waals surface area contributed by atoms with E-state index < -0.39 is 9.84 Å². The molecule has 0 aliphatic carbocycles. The monoisotopic (exact) mass is 393 g/mol. The summed E-state index contributed by atoms with van der Waals surface area (Å²) in [5.41, 5.74) is 6.46. The Morgan fingerprint density at radius 1 is 1.05 bits per heavy atom. The maximum absolute atomic E-state index is 12.4. The molecule has 0 aliphatic rings. The van der Waals surface area contributed by atoms with E-state index in [1.54, 1.807) is 24.3 Å². The lowest BCUT2D eigenvalue weighted by molar-refractivity contribution is 0.595. The lowest BCUT2D eigenvalue weighted by Gasteiger charge is -2.09. The van der Waals surface area contributed by atoms with Gasteiger partial charge in [-0.1, -0.05) is 45.2 Å². The molecule has 0 amide bonds. The zero-order valence-electron chi connectivity index (χ0n) is 10.1. The standard InChI is InChI=1S/C13H10BrCl2NO2S/c14-9-2-1-8(12(16)5-9)7-20(18,19)13-6-10(17)3-4-11(13)15/h1-6H,7,17H2. The first kappa shape index (κ1) is 15.6. The predicted octanol–water partition coefficient (Wildman–Crippen LogP) is 4.31. The van der Waals surface area contributed by atoms with Crippen molar-refractivity contribution in [2.45, 2.75) is 10.6 Å². The minimum atomic E-state index is -3.61. The van der Waals surface area contributed by atoms with Crippen molar-refractivity contribution >= 4 is 54.7 Å². The number of anilines is 1. The molecule has 3 nitrogen and oxygen atoms in total. The Labute approximate surface area is 135 Å². The fourth-order valence-electron chi connectivity index (χ4n) is 1.68. The van der Waals surface area contributed by atoms with Crippen molar-refractivity contribution in [3.63, 3.8) is 0 Å². The van der Waals surface area contributed by atoms with Gasteiger partial charge in [0, 0.05) is 15.2 Å². The summed E-state index contributed by atoms with van der Waals surface area (Å²) < 4.78 is 25.6. The van der Waals surface area contributed by atoms with Crippen molar-refractivity contribution in [1.29, 1.82) is 0 Å². The molecule has 0 saturated carbocycles. The Hall–Kier alpha value is -0.750. The number of halogens is 3. The molecule has 0 unspecified atom stereocenters. The molecule has 0 atom stereocenters. The third-order valence-electron chi connectivity index (χ3n) is 2.65. The van der Waals surface area contributed by atoms with E-state index >= 15 is 0 Å². The van der Waals surface area contributed by atoms with Crippen LogP contribution in [0.5, 0.6) is 0 Å². The second kappa shape index (κ2) is 5.93. The summed E-state index contributed by atoms with van der Waals surface area (Å²) in [6.45, 7) is 0. The summed E-state index contributed by atoms with van der Waals surface area (Å²) in [4.78, 5) is 0.0122. The van der Waals surface area contributed by atoms with Gasteiger partial charge >= 0.3 is 0 Å². The van der Waals surface area contributed by atoms with Gasteiger partial charge < -0.3 is 5.73 Å². The minimum absolute atomic E-state index is 0.0122. The number of nitrogens with two attached hydrogens (primary N) is 1. The molecule has 0 bridgehead atoms. The molecular weight excluding hydrogens is 385 g/mol. The van der Waals surface area contributed by atoms with Gasteiger partial charge in [0.1, 0.15) is 0 Å². The summed E-state index contributed by atoms with van der Waals surface area (Å²) in [7, 11) is -3.61. The van der Waals surface area contributed by atoms with E-state index in [1.165, 1.54) is 12.1 Å². The van der Waals surface area contributed by atoms with E-state index in [9.17, 15) is 8.42 Å². The zero-order chi connectivity index (χ0) is 14.9. The molecule has 0 radical (unpaired) electrons. The van der Waals surface area contributed by atoms with Crippen LogP contribution in [0.25, 0.3) is 0 Å². The Morgan fingerprint density at radius 2 is 1.75 bits per heavy atom. The molecule has 7 heteroatoms. The van der Waals surface area contributed by atoms with Crippen LogP contribution in [0, 0.1) is 0 Å². The molecule has 0 saturated heterocycles. The second-order valence-corrected chi connectivity index (χ2v) is 7.87. The molecule has 20 heavy (non-hydrogen) atoms. The molecular formula is C13H10BrCl2NO2S. The molecule has 0 fully saturated rings. The SMILES string of the molecule is Nc1ccc(Cl)c(S(=O)(=O)Cc2ccc(Br)cc2Cl)c1. The third-order valence-corrected chi connectivity index (χ3v) is 5.64. The quantitative estimate of drug-likeness (QED) is 0.789. The molecule has 2 aromatic rings. The number of hydrogen-bond acceptors (Lipinski definition) is 3. The first-order valence-corrected chi connectivity index (χ1v) is 8.71. The molecule has 0 aliphatic heterocycles. The Balaban J connectivity index is 2.43. The van der Waals surface area contributed by atoms with Gasteiger partial charge in [0.2, 0.25) is 0 Å². The van der Waals surface area contributed by atoms with Crippen molar-refractivity contribution in [3.05, 3.63) is 56.5 Å². The van der Waals surface area contributed by atoms with Crippen LogP contribution in [0.1, 0.15) is 5.56 Å². The number of hydrogen-bond donors (Lipinski definition) is 1. The summed E-state index contributed by atoms with van der Waals surface area (Å²) in [5.74, 6) is -0.234. The van der Waals surface area contributed by atoms with E-state index in [0.717, 1.165) is 4.47 Å². The first-order chi connectivity index (χ1) is 9.29. The molecule has 0 spiro atoms. The summed E-state index contributed by atoms with van der Waals surface area (Å²) in [6.07, 6.45) is 0. The van der Waals surface area contributed by atoms with Crippen LogP contribution in [0.15, 0.2) is 45.8 Å². The highest BCUT2D eigenvalue weighted by Gasteiger charge is 2.20. The average molecular weight is 395 g/mol. The Kier molecular flexibility index (Phi) is 4.64. The first-order valence-electron chi connectivity index (χ1n) is 5.51. The number of rotatable bonds is 3. The van der Waals surface area contributed by atoms with Crippen molar-refractivity contribution in [3.8, 4) is 0 Å². The predicted molar refractivity (Wildman–Crippen MR) is 85.9 cm³/mol. The number of benzene rings is 2. The van der Waals surface area contributed by atoms with Crippen LogP contribution >= 0.6 is 39.1 Å². The molecule has 0 aromatic heterocycles. The van der Waals surface area contributed by atoms with Gasteiger partial charge in [-0.3, -0.25) is 0 Å². The molecule has 2 aromatic carbocycles. The smallest absolute Gasteiger partial charge is 0.184 e. The normalized spacial score (nSPS) is 11.6. The second-order valence-electron chi connectivity index (χ2n) is 4.18. The van der Waals surface area contributed by atoms with Crippen molar-refractivity contribution in [2.75, 3.05) is 5.73 Å². The lowest BCUT2D eigenvalue weighted by atomic mass is 10.2. The van der Waals surface area contributed by atoms with Crippen molar-refractivity contribution in [2.24, 2.45) is 0 Å². The highest BCUT2D eigenvalue weighted by atomic mass is 79.9. The van der Waals surface area contributed by atoms with Crippen LogP contribution in [-0.4, -0.2) is 8.42 Å². The number of sulfone groups is 1. The maximum atomic E-state index is 12.4. The van der Waals surface area contributed by atoms with E-state index in [2.05, 4.69) is 15.9 Å². The number of nitrogen functional groups attached to an aromatic ring is 1. The summed E-state index contributed by atoms with van der Waals surface area (Å²) >= 11 is 15.2. The highest BCUT2D eigenvalue weighted by Crippen LogP contribution is 2.29. The van der Waals surface area contributed by atoms with Crippen LogP contribution in [0.4, 0.5) is 5.69 Å². The molecule has 2 N–H and O–H groups in total. The van der Waals surface area contributed by atoms with Gasteiger partial charge in [0.05, 0.1) is 15.7 Å². The van der Waals surface area contributed by atoms with Crippen LogP contribution in [0.3, 0.4) is 0 Å². The third kappa shape index (κ3) is 3.47. The molecule has 2 rings (SSSR count). The van der Waals surface area contributed by atoms with Crippen molar-refractivity contribution < 1.29 is 8.42 Å². The van der Waals surface area contributed by atoms with Crippen LogP contribution in [0.2, 0.25) is 10.0 Å². The minimum Gasteiger partial charge on any atom is -0.399 e. The van der Waals surface area contributed by atoms with Crippen LogP contribution < -0.4 is 5.73 Å².